The lowest BCUT2D eigenvalue weighted by molar-refractivity contribution is -0.167. The molecule has 0 radical (unpaired) electrons. The van der Waals surface area contributed by atoms with Crippen LogP contribution in [0.5, 0.6) is 0 Å². The highest BCUT2D eigenvalue weighted by Crippen LogP contribution is 2.17. The maximum Gasteiger partial charge on any atom is 0.306 e. The van der Waals surface area contributed by atoms with Crippen LogP contribution in [0, 0.1) is 0 Å². The first-order valence-corrected chi connectivity index (χ1v) is 36.1. The van der Waals surface area contributed by atoms with Crippen LogP contribution in [-0.4, -0.2) is 37.2 Å². The molecule has 0 fully saturated rings. The topological polar surface area (TPSA) is 78.9 Å². The molecule has 0 aromatic rings. The van der Waals surface area contributed by atoms with Gasteiger partial charge in [0.2, 0.25) is 0 Å². The van der Waals surface area contributed by atoms with Crippen LogP contribution in [0.3, 0.4) is 0 Å². The van der Waals surface area contributed by atoms with Crippen molar-refractivity contribution in [2.24, 2.45) is 0 Å². The molecule has 0 saturated heterocycles. The number of carbonyl (C=O) groups is 3. The number of hydrogen-bond acceptors (Lipinski definition) is 6. The first kappa shape index (κ1) is 79.6. The molecule has 0 aromatic heterocycles. The molecule has 0 saturated carbocycles. The van der Waals surface area contributed by atoms with Crippen LogP contribution in [0.1, 0.15) is 367 Å². The van der Waals surface area contributed by atoms with Crippen LogP contribution in [0.15, 0.2) is 85.1 Å². The maximum absolute atomic E-state index is 13.0. The lowest BCUT2D eigenvalue weighted by Gasteiger charge is -2.18. The van der Waals surface area contributed by atoms with Gasteiger partial charge in [-0.25, -0.2) is 0 Å². The zero-order valence-electron chi connectivity index (χ0n) is 55.2. The van der Waals surface area contributed by atoms with Crippen LogP contribution < -0.4 is 0 Å². The predicted octanol–water partition coefficient (Wildman–Crippen LogP) is 25.0. The lowest BCUT2D eigenvalue weighted by Crippen LogP contribution is -2.30. The van der Waals surface area contributed by atoms with Crippen molar-refractivity contribution in [3.63, 3.8) is 0 Å². The number of allylic oxidation sites excluding steroid dienone is 14. The van der Waals surface area contributed by atoms with Crippen LogP contribution in [0.25, 0.3) is 0 Å². The van der Waals surface area contributed by atoms with Crippen molar-refractivity contribution in [2.75, 3.05) is 13.2 Å². The molecule has 480 valence electrons. The molecule has 6 heteroatoms. The summed E-state index contributed by atoms with van der Waals surface area (Å²) >= 11 is 0. The minimum Gasteiger partial charge on any atom is -0.462 e. The minimum atomic E-state index is -0.792. The highest BCUT2D eigenvalue weighted by molar-refractivity contribution is 5.71. The van der Waals surface area contributed by atoms with Gasteiger partial charge in [0.05, 0.1) is 0 Å². The molecule has 0 aliphatic heterocycles. The van der Waals surface area contributed by atoms with E-state index in [2.05, 4.69) is 106 Å². The fourth-order valence-electron chi connectivity index (χ4n) is 10.5. The minimum absolute atomic E-state index is 0.0845. The van der Waals surface area contributed by atoms with Gasteiger partial charge in [-0.05, 0) is 116 Å². The summed E-state index contributed by atoms with van der Waals surface area (Å²) in [6.45, 7) is 6.55. The van der Waals surface area contributed by atoms with Crippen molar-refractivity contribution in [1.29, 1.82) is 0 Å². The van der Waals surface area contributed by atoms with Gasteiger partial charge in [0, 0.05) is 19.3 Å². The van der Waals surface area contributed by atoms with Gasteiger partial charge in [0.1, 0.15) is 13.2 Å². The molecular formula is C77H136O6. The second kappa shape index (κ2) is 71.1. The van der Waals surface area contributed by atoms with Gasteiger partial charge in [0.25, 0.3) is 0 Å². The van der Waals surface area contributed by atoms with E-state index in [0.29, 0.717) is 19.3 Å². The number of esters is 3. The van der Waals surface area contributed by atoms with E-state index in [9.17, 15) is 14.4 Å². The molecule has 0 N–H and O–H groups in total. The largest absolute Gasteiger partial charge is 0.462 e. The summed E-state index contributed by atoms with van der Waals surface area (Å²) in [4.78, 5) is 38.5. The summed E-state index contributed by atoms with van der Waals surface area (Å²) in [5.41, 5.74) is 0. The summed E-state index contributed by atoms with van der Waals surface area (Å²) in [5.74, 6) is -0.894. The average molecular weight is 1160 g/mol. The summed E-state index contributed by atoms with van der Waals surface area (Å²) in [6.07, 6.45) is 94.7. The number of hydrogen-bond donors (Lipinski definition) is 0. The van der Waals surface area contributed by atoms with Crippen molar-refractivity contribution in [3.05, 3.63) is 85.1 Å². The van der Waals surface area contributed by atoms with E-state index in [4.69, 9.17) is 14.2 Å². The Morgan fingerprint density at radius 2 is 0.470 bits per heavy atom. The molecule has 0 heterocycles. The quantitative estimate of drug-likeness (QED) is 0.0261. The molecular weight excluding hydrogens is 1020 g/mol. The molecule has 83 heavy (non-hydrogen) atoms. The summed E-state index contributed by atoms with van der Waals surface area (Å²) in [5, 5.41) is 0. The van der Waals surface area contributed by atoms with E-state index in [-0.39, 0.29) is 31.1 Å². The zero-order chi connectivity index (χ0) is 59.9. The molecule has 0 amide bonds. The third kappa shape index (κ3) is 69.3. The Kier molecular flexibility index (Phi) is 68.2. The monoisotopic (exact) mass is 1160 g/mol. The molecule has 0 bridgehead atoms. The SMILES string of the molecule is CC/C=C\C/C=C\C/C=C\C/C=C\C/C=C\CCCCCCCC(=O)OC(COC(=O)CCCCCCC/C=C\CCCCCCCC)COC(=O)CCCCCCCCCCCCCCCCCCC/C=C\CCCCCCCCCC. The van der Waals surface area contributed by atoms with Crippen molar-refractivity contribution in [2.45, 2.75) is 374 Å². The number of carbonyl (C=O) groups excluding carboxylic acids is 3. The van der Waals surface area contributed by atoms with E-state index in [0.717, 1.165) is 116 Å². The van der Waals surface area contributed by atoms with E-state index >= 15 is 0 Å². The van der Waals surface area contributed by atoms with E-state index in [1.807, 2.05) is 0 Å². The smallest absolute Gasteiger partial charge is 0.306 e. The molecule has 1 atom stereocenters. The normalized spacial score (nSPS) is 12.6. The predicted molar refractivity (Wildman–Crippen MR) is 362 cm³/mol. The van der Waals surface area contributed by atoms with Crippen LogP contribution in [0.4, 0.5) is 0 Å². The second-order valence-corrected chi connectivity index (χ2v) is 24.1. The van der Waals surface area contributed by atoms with Crippen LogP contribution in [0.2, 0.25) is 0 Å². The van der Waals surface area contributed by atoms with Gasteiger partial charge in [0.15, 0.2) is 6.10 Å². The molecule has 0 aromatic carbocycles. The van der Waals surface area contributed by atoms with Crippen LogP contribution in [-0.2, 0) is 28.6 Å². The van der Waals surface area contributed by atoms with Crippen molar-refractivity contribution in [3.8, 4) is 0 Å². The first-order valence-electron chi connectivity index (χ1n) is 36.1. The number of rotatable bonds is 66. The Bertz CT molecular complexity index is 1570. The fraction of sp³-hybridized carbons (Fsp3) is 0.779. The van der Waals surface area contributed by atoms with Crippen molar-refractivity contribution in [1.82, 2.24) is 0 Å². The van der Waals surface area contributed by atoms with Gasteiger partial charge in [-0.3, -0.25) is 14.4 Å². The van der Waals surface area contributed by atoms with Gasteiger partial charge in [-0.1, -0.05) is 318 Å². The maximum atomic E-state index is 13.0. The van der Waals surface area contributed by atoms with Crippen molar-refractivity contribution >= 4 is 17.9 Å². The van der Waals surface area contributed by atoms with E-state index in [1.165, 1.54) is 212 Å². The van der Waals surface area contributed by atoms with E-state index < -0.39 is 6.10 Å². The Morgan fingerprint density at radius 3 is 0.747 bits per heavy atom. The highest BCUT2D eigenvalue weighted by Gasteiger charge is 2.19. The molecule has 6 nitrogen and oxygen atoms in total. The van der Waals surface area contributed by atoms with Crippen molar-refractivity contribution < 1.29 is 28.6 Å². The first-order chi connectivity index (χ1) is 41.0. The summed E-state index contributed by atoms with van der Waals surface area (Å²) < 4.78 is 17.0. The zero-order valence-corrected chi connectivity index (χ0v) is 55.2. The standard InChI is InChI=1S/C77H136O6/c1-4-7-10-13-16-19-22-25-28-30-32-34-35-36-37-38-39-40-41-43-44-46-49-52-55-58-61-64-67-70-76(79)82-73-74(72-81-75(78)69-66-63-60-57-54-51-48-27-24-21-18-15-12-9-6-3)83-77(80)71-68-65-62-59-56-53-50-47-45-42-33-31-29-26-23-20-17-14-11-8-5-2/h8,11,17,20,26-27,29-30,32-33,42,47-48,50,74H,4-7,9-10,12-16,18-19,21-25,28,31,34-41,43-46,49,51-73H2,1-3H3/b11-8-,20-17-,29-26-,32-30-,42-33-,48-27-,50-47-. The van der Waals surface area contributed by atoms with Gasteiger partial charge in [-0.15, -0.1) is 0 Å². The molecule has 0 aliphatic carbocycles. The second-order valence-electron chi connectivity index (χ2n) is 24.1. The number of ether oxygens (including phenoxy) is 3. The Balaban J connectivity index is 4.29. The van der Waals surface area contributed by atoms with Gasteiger partial charge < -0.3 is 14.2 Å². The molecule has 0 aliphatic rings. The number of unbranched alkanes of at least 4 members (excludes halogenated alkanes) is 41. The Hall–Kier alpha value is -3.41. The third-order valence-electron chi connectivity index (χ3n) is 15.9. The highest BCUT2D eigenvalue weighted by atomic mass is 16.6. The summed E-state index contributed by atoms with van der Waals surface area (Å²) in [7, 11) is 0. The van der Waals surface area contributed by atoms with Gasteiger partial charge >= 0.3 is 17.9 Å². The van der Waals surface area contributed by atoms with E-state index in [1.54, 1.807) is 0 Å². The summed E-state index contributed by atoms with van der Waals surface area (Å²) in [6, 6.07) is 0. The van der Waals surface area contributed by atoms with Gasteiger partial charge in [-0.2, -0.15) is 0 Å². The average Bonchev–Trinajstić information content (AvgIpc) is 3.49. The fourth-order valence-corrected chi connectivity index (χ4v) is 10.5. The third-order valence-corrected chi connectivity index (χ3v) is 15.9. The Labute approximate surface area is 515 Å². The lowest BCUT2D eigenvalue weighted by atomic mass is 10.0. The Morgan fingerprint density at radius 1 is 0.253 bits per heavy atom. The molecule has 0 rings (SSSR count). The van der Waals surface area contributed by atoms with Crippen LogP contribution >= 0.6 is 0 Å². The molecule has 0 spiro atoms. The molecule has 1 unspecified atom stereocenters.